The summed E-state index contributed by atoms with van der Waals surface area (Å²) >= 11 is 0. The largest absolute Gasteiger partial charge is 0.494 e. The van der Waals surface area contributed by atoms with Gasteiger partial charge in [-0.1, -0.05) is 48.5 Å². The highest BCUT2D eigenvalue weighted by Crippen LogP contribution is 2.18. The Hall–Kier alpha value is -2.09. The van der Waals surface area contributed by atoms with Crippen molar-refractivity contribution in [1.82, 2.24) is 0 Å². The van der Waals surface area contributed by atoms with Crippen molar-refractivity contribution in [3.8, 4) is 5.75 Å². The van der Waals surface area contributed by atoms with Gasteiger partial charge in [-0.05, 0) is 24.1 Å². The molecular formula is C16H16O2. The molecule has 1 atom stereocenters. The summed E-state index contributed by atoms with van der Waals surface area (Å²) in [4.78, 5) is 11.1. The lowest BCUT2D eigenvalue weighted by Gasteiger charge is -2.11. The third kappa shape index (κ3) is 3.45. The first kappa shape index (κ1) is 12.4. The van der Waals surface area contributed by atoms with E-state index in [1.807, 2.05) is 60.7 Å². The average Bonchev–Trinajstić information content (AvgIpc) is 2.46. The molecule has 1 unspecified atom stereocenters. The molecule has 0 fully saturated rings. The van der Waals surface area contributed by atoms with Crippen molar-refractivity contribution in [1.29, 1.82) is 0 Å². The second kappa shape index (κ2) is 6.60. The van der Waals surface area contributed by atoms with Crippen molar-refractivity contribution >= 4 is 6.29 Å². The zero-order valence-electron chi connectivity index (χ0n) is 10.2. The summed E-state index contributed by atoms with van der Waals surface area (Å²) in [7, 11) is 0. The molecule has 18 heavy (non-hydrogen) atoms. The van der Waals surface area contributed by atoms with Gasteiger partial charge < -0.3 is 9.53 Å². The van der Waals surface area contributed by atoms with Crippen LogP contribution < -0.4 is 4.74 Å². The zero-order chi connectivity index (χ0) is 12.6. The van der Waals surface area contributed by atoms with Gasteiger partial charge in [-0.25, -0.2) is 0 Å². The maximum Gasteiger partial charge on any atom is 0.127 e. The summed E-state index contributed by atoms with van der Waals surface area (Å²) in [6, 6.07) is 19.4. The second-order valence-electron chi connectivity index (χ2n) is 4.10. The summed E-state index contributed by atoms with van der Waals surface area (Å²) in [5.74, 6) is 0.755. The van der Waals surface area contributed by atoms with Crippen LogP contribution in [0.3, 0.4) is 0 Å². The Morgan fingerprint density at radius 1 is 0.944 bits per heavy atom. The molecular weight excluding hydrogens is 224 g/mol. The van der Waals surface area contributed by atoms with Gasteiger partial charge in [-0.2, -0.15) is 0 Å². The Labute approximate surface area is 107 Å². The van der Waals surface area contributed by atoms with Gasteiger partial charge in [0.05, 0.1) is 6.61 Å². The first-order chi connectivity index (χ1) is 8.90. The van der Waals surface area contributed by atoms with Crippen LogP contribution >= 0.6 is 0 Å². The Morgan fingerprint density at radius 2 is 1.56 bits per heavy atom. The number of hydrogen-bond acceptors (Lipinski definition) is 2. The van der Waals surface area contributed by atoms with Crippen LogP contribution in [0.2, 0.25) is 0 Å². The summed E-state index contributed by atoms with van der Waals surface area (Å²) in [5.41, 5.74) is 1.05. The van der Waals surface area contributed by atoms with Crippen molar-refractivity contribution in [3.63, 3.8) is 0 Å². The smallest absolute Gasteiger partial charge is 0.127 e. The molecule has 0 saturated carbocycles. The highest BCUT2D eigenvalue weighted by Gasteiger charge is 2.09. The minimum atomic E-state index is -0.0880. The molecule has 2 nitrogen and oxygen atoms in total. The van der Waals surface area contributed by atoms with E-state index in [-0.39, 0.29) is 5.92 Å². The van der Waals surface area contributed by atoms with Crippen LogP contribution in [0.5, 0.6) is 5.75 Å². The van der Waals surface area contributed by atoms with Crippen LogP contribution in [0, 0.1) is 0 Å². The summed E-state index contributed by atoms with van der Waals surface area (Å²) in [6.07, 6.45) is 1.69. The maximum absolute atomic E-state index is 11.1. The molecule has 0 aliphatic carbocycles. The van der Waals surface area contributed by atoms with Gasteiger partial charge in [-0.3, -0.25) is 0 Å². The normalized spacial score (nSPS) is 11.8. The van der Waals surface area contributed by atoms with E-state index >= 15 is 0 Å². The van der Waals surface area contributed by atoms with E-state index < -0.39 is 0 Å². The van der Waals surface area contributed by atoms with E-state index in [1.54, 1.807) is 0 Å². The Kier molecular flexibility index (Phi) is 4.53. The molecule has 0 bridgehead atoms. The third-order valence-corrected chi connectivity index (χ3v) is 2.83. The lowest BCUT2D eigenvalue weighted by atomic mass is 9.98. The molecule has 2 rings (SSSR count). The molecule has 0 spiro atoms. The number of carbonyl (C=O) groups is 1. The topological polar surface area (TPSA) is 26.3 Å². The van der Waals surface area contributed by atoms with E-state index in [4.69, 9.17) is 4.74 Å². The molecule has 2 heteroatoms. The second-order valence-corrected chi connectivity index (χ2v) is 4.10. The van der Waals surface area contributed by atoms with E-state index in [0.29, 0.717) is 13.0 Å². The maximum atomic E-state index is 11.1. The standard InChI is InChI=1S/C16H16O2/c17-13-15(14-7-3-1-4-8-14)11-12-18-16-9-5-2-6-10-16/h1-10,13,15H,11-12H2. The zero-order valence-corrected chi connectivity index (χ0v) is 10.2. The van der Waals surface area contributed by atoms with Gasteiger partial charge >= 0.3 is 0 Å². The highest BCUT2D eigenvalue weighted by atomic mass is 16.5. The molecule has 0 radical (unpaired) electrons. The van der Waals surface area contributed by atoms with Crippen LogP contribution in [0.1, 0.15) is 17.9 Å². The molecule has 0 saturated heterocycles. The first-order valence-corrected chi connectivity index (χ1v) is 6.08. The molecule has 2 aromatic carbocycles. The number of ether oxygens (including phenoxy) is 1. The molecule has 2 aromatic rings. The minimum absolute atomic E-state index is 0.0880. The lowest BCUT2D eigenvalue weighted by molar-refractivity contribution is -0.109. The fraction of sp³-hybridized carbons (Fsp3) is 0.188. The van der Waals surface area contributed by atoms with Crippen molar-refractivity contribution in [2.45, 2.75) is 12.3 Å². The number of aldehydes is 1. The average molecular weight is 240 g/mol. The van der Waals surface area contributed by atoms with Crippen LogP contribution in [-0.2, 0) is 4.79 Å². The fourth-order valence-electron chi connectivity index (χ4n) is 1.83. The van der Waals surface area contributed by atoms with Crippen molar-refractivity contribution in [2.75, 3.05) is 6.61 Å². The SMILES string of the molecule is O=CC(CCOc1ccccc1)c1ccccc1. The third-order valence-electron chi connectivity index (χ3n) is 2.83. The van der Waals surface area contributed by atoms with Crippen LogP contribution in [0.25, 0.3) is 0 Å². The highest BCUT2D eigenvalue weighted by molar-refractivity contribution is 5.61. The minimum Gasteiger partial charge on any atom is -0.494 e. The summed E-state index contributed by atoms with van der Waals surface area (Å²) in [6.45, 7) is 0.544. The molecule has 0 amide bonds. The van der Waals surface area contributed by atoms with Crippen LogP contribution in [-0.4, -0.2) is 12.9 Å². The molecule has 0 N–H and O–H groups in total. The van der Waals surface area contributed by atoms with Crippen molar-refractivity contribution in [2.24, 2.45) is 0 Å². The van der Waals surface area contributed by atoms with E-state index in [0.717, 1.165) is 17.6 Å². The summed E-state index contributed by atoms with van der Waals surface area (Å²) in [5, 5.41) is 0. The number of hydrogen-bond donors (Lipinski definition) is 0. The number of rotatable bonds is 6. The van der Waals surface area contributed by atoms with Gasteiger partial charge in [0.25, 0.3) is 0 Å². The van der Waals surface area contributed by atoms with Crippen LogP contribution in [0.15, 0.2) is 60.7 Å². The van der Waals surface area contributed by atoms with E-state index in [9.17, 15) is 4.79 Å². The molecule has 0 aliphatic rings. The summed E-state index contributed by atoms with van der Waals surface area (Å²) < 4.78 is 5.60. The van der Waals surface area contributed by atoms with Crippen molar-refractivity contribution in [3.05, 3.63) is 66.2 Å². The predicted molar refractivity (Wildman–Crippen MR) is 71.8 cm³/mol. The lowest BCUT2D eigenvalue weighted by Crippen LogP contribution is -2.07. The monoisotopic (exact) mass is 240 g/mol. The van der Waals surface area contributed by atoms with Gasteiger partial charge in [0.2, 0.25) is 0 Å². The molecule has 0 heterocycles. The van der Waals surface area contributed by atoms with Gasteiger partial charge in [0.1, 0.15) is 12.0 Å². The quantitative estimate of drug-likeness (QED) is 0.723. The van der Waals surface area contributed by atoms with Gasteiger partial charge in [0.15, 0.2) is 0 Å². The number of para-hydroxylation sites is 1. The molecule has 0 aliphatic heterocycles. The van der Waals surface area contributed by atoms with E-state index in [1.165, 1.54) is 0 Å². The molecule has 92 valence electrons. The van der Waals surface area contributed by atoms with Gasteiger partial charge in [-0.15, -0.1) is 0 Å². The molecule has 0 aromatic heterocycles. The Bertz CT molecular complexity index is 465. The number of benzene rings is 2. The predicted octanol–water partition coefficient (Wildman–Crippen LogP) is 3.44. The Balaban J connectivity index is 1.87. The first-order valence-electron chi connectivity index (χ1n) is 6.08. The van der Waals surface area contributed by atoms with E-state index in [2.05, 4.69) is 0 Å². The van der Waals surface area contributed by atoms with Gasteiger partial charge in [0, 0.05) is 5.92 Å². The van der Waals surface area contributed by atoms with Crippen LogP contribution in [0.4, 0.5) is 0 Å². The number of carbonyl (C=O) groups excluding carboxylic acids is 1. The van der Waals surface area contributed by atoms with Crippen molar-refractivity contribution < 1.29 is 9.53 Å². The fourth-order valence-corrected chi connectivity index (χ4v) is 1.83. The Morgan fingerprint density at radius 3 is 2.17 bits per heavy atom.